The van der Waals surface area contributed by atoms with Crippen LogP contribution in [0.15, 0.2) is 29.4 Å². The van der Waals surface area contributed by atoms with Crippen molar-refractivity contribution in [2.45, 2.75) is 19.4 Å². The van der Waals surface area contributed by atoms with Crippen molar-refractivity contribution >= 4 is 11.6 Å². The molecule has 90 valence electrons. The van der Waals surface area contributed by atoms with Crippen LogP contribution in [0.1, 0.15) is 18.9 Å². The summed E-state index contributed by atoms with van der Waals surface area (Å²) in [6.45, 7) is 1.89. The second-order valence-electron chi connectivity index (χ2n) is 3.91. The Morgan fingerprint density at radius 1 is 1.53 bits per heavy atom. The zero-order chi connectivity index (χ0) is 12.3. The zero-order valence-electron chi connectivity index (χ0n) is 9.44. The quantitative estimate of drug-likeness (QED) is 0.863. The van der Waals surface area contributed by atoms with E-state index in [2.05, 4.69) is 10.5 Å². The smallest absolute Gasteiger partial charge is 0.217 e. The molecular formula is C12H13FN2O2. The molecule has 1 atom stereocenters. The third-order valence-corrected chi connectivity index (χ3v) is 2.49. The van der Waals surface area contributed by atoms with Gasteiger partial charge in [-0.2, -0.15) is 0 Å². The number of benzene rings is 1. The van der Waals surface area contributed by atoms with Crippen molar-refractivity contribution in [3.63, 3.8) is 0 Å². The molecule has 1 aromatic carbocycles. The molecular weight excluding hydrogens is 223 g/mol. The molecule has 1 aliphatic heterocycles. The number of nitrogens with one attached hydrogen (secondary N) is 1. The lowest BCUT2D eigenvalue weighted by Gasteiger charge is -2.07. The number of halogens is 1. The van der Waals surface area contributed by atoms with E-state index in [4.69, 9.17) is 4.84 Å². The first-order valence-electron chi connectivity index (χ1n) is 5.38. The van der Waals surface area contributed by atoms with Crippen LogP contribution in [0.3, 0.4) is 0 Å². The first kappa shape index (κ1) is 11.6. The molecule has 0 aromatic heterocycles. The Morgan fingerprint density at radius 3 is 2.88 bits per heavy atom. The Labute approximate surface area is 98.5 Å². The minimum atomic E-state index is -0.275. The molecule has 1 aliphatic rings. The van der Waals surface area contributed by atoms with Crippen molar-refractivity contribution < 1.29 is 14.0 Å². The highest BCUT2D eigenvalue weighted by Gasteiger charge is 2.22. The monoisotopic (exact) mass is 236 g/mol. The van der Waals surface area contributed by atoms with Crippen molar-refractivity contribution in [2.75, 3.05) is 6.54 Å². The maximum atomic E-state index is 12.7. The third-order valence-electron chi connectivity index (χ3n) is 2.49. The van der Waals surface area contributed by atoms with Gasteiger partial charge in [0.05, 0.1) is 12.3 Å². The minimum absolute atomic E-state index is 0.0937. The SMILES string of the molecule is CC(=O)NC[C@@H]1CC(c2ccc(F)cc2)=NO1. The molecule has 1 heterocycles. The van der Waals surface area contributed by atoms with Gasteiger partial charge in [-0.1, -0.05) is 17.3 Å². The van der Waals surface area contributed by atoms with Crippen molar-refractivity contribution in [3.8, 4) is 0 Å². The Morgan fingerprint density at radius 2 is 2.24 bits per heavy atom. The van der Waals surface area contributed by atoms with Gasteiger partial charge in [-0.3, -0.25) is 4.79 Å². The van der Waals surface area contributed by atoms with Crippen LogP contribution in [-0.2, 0) is 9.63 Å². The molecule has 0 radical (unpaired) electrons. The number of hydrogen-bond donors (Lipinski definition) is 1. The van der Waals surface area contributed by atoms with Crippen molar-refractivity contribution in [1.29, 1.82) is 0 Å². The van der Waals surface area contributed by atoms with Gasteiger partial charge in [-0.05, 0) is 17.7 Å². The number of nitrogens with zero attached hydrogens (tertiary/aromatic N) is 1. The lowest BCUT2D eigenvalue weighted by molar-refractivity contribution is -0.119. The highest BCUT2D eigenvalue weighted by atomic mass is 19.1. The first-order chi connectivity index (χ1) is 8.15. The van der Waals surface area contributed by atoms with Gasteiger partial charge in [0.25, 0.3) is 0 Å². The van der Waals surface area contributed by atoms with Gasteiger partial charge in [0.15, 0.2) is 0 Å². The van der Waals surface area contributed by atoms with E-state index in [0.717, 1.165) is 11.3 Å². The number of hydrogen-bond acceptors (Lipinski definition) is 3. The minimum Gasteiger partial charge on any atom is -0.390 e. The lowest BCUT2D eigenvalue weighted by Crippen LogP contribution is -2.30. The fourth-order valence-corrected chi connectivity index (χ4v) is 1.61. The average Bonchev–Trinajstić information content (AvgIpc) is 2.76. The van der Waals surface area contributed by atoms with Gasteiger partial charge in [0.2, 0.25) is 5.91 Å². The molecule has 1 amide bonds. The van der Waals surface area contributed by atoms with Crippen LogP contribution in [-0.4, -0.2) is 24.3 Å². The molecule has 2 rings (SSSR count). The van der Waals surface area contributed by atoms with Gasteiger partial charge in [0.1, 0.15) is 11.9 Å². The molecule has 0 aliphatic carbocycles. The maximum Gasteiger partial charge on any atom is 0.217 e. The van der Waals surface area contributed by atoms with Crippen LogP contribution in [0.25, 0.3) is 0 Å². The van der Waals surface area contributed by atoms with Crippen LogP contribution in [0.4, 0.5) is 4.39 Å². The first-order valence-corrected chi connectivity index (χ1v) is 5.38. The van der Waals surface area contributed by atoms with E-state index < -0.39 is 0 Å². The summed E-state index contributed by atoms with van der Waals surface area (Å²) in [5, 5.41) is 6.61. The largest absolute Gasteiger partial charge is 0.390 e. The van der Waals surface area contributed by atoms with Gasteiger partial charge >= 0.3 is 0 Å². The molecule has 0 saturated carbocycles. The molecule has 17 heavy (non-hydrogen) atoms. The molecule has 1 aromatic rings. The van der Waals surface area contributed by atoms with Crippen molar-refractivity contribution in [2.24, 2.45) is 5.16 Å². The Bertz CT molecular complexity index is 442. The van der Waals surface area contributed by atoms with Crippen molar-refractivity contribution in [1.82, 2.24) is 5.32 Å². The maximum absolute atomic E-state index is 12.7. The number of carbonyl (C=O) groups excluding carboxylic acids is 1. The summed E-state index contributed by atoms with van der Waals surface area (Å²) in [4.78, 5) is 15.9. The number of oxime groups is 1. The highest BCUT2D eigenvalue weighted by molar-refractivity contribution is 6.01. The highest BCUT2D eigenvalue weighted by Crippen LogP contribution is 2.16. The molecule has 5 heteroatoms. The van der Waals surface area contributed by atoms with Gasteiger partial charge in [0, 0.05) is 13.3 Å². The molecule has 0 spiro atoms. The van der Waals surface area contributed by atoms with Gasteiger partial charge < -0.3 is 10.2 Å². The number of carbonyl (C=O) groups is 1. The summed E-state index contributed by atoms with van der Waals surface area (Å²) in [6, 6.07) is 6.11. The van der Waals surface area contributed by atoms with E-state index in [1.54, 1.807) is 12.1 Å². The molecule has 1 N–H and O–H groups in total. The van der Waals surface area contributed by atoms with E-state index in [-0.39, 0.29) is 17.8 Å². The van der Waals surface area contributed by atoms with Crippen molar-refractivity contribution in [3.05, 3.63) is 35.6 Å². The van der Waals surface area contributed by atoms with E-state index in [0.29, 0.717) is 13.0 Å². The van der Waals surface area contributed by atoms with E-state index in [9.17, 15) is 9.18 Å². The fourth-order valence-electron chi connectivity index (χ4n) is 1.61. The number of amides is 1. The van der Waals surface area contributed by atoms with E-state index >= 15 is 0 Å². The molecule has 4 nitrogen and oxygen atoms in total. The fraction of sp³-hybridized carbons (Fsp3) is 0.333. The predicted molar refractivity (Wildman–Crippen MR) is 61.1 cm³/mol. The number of rotatable bonds is 3. The van der Waals surface area contributed by atoms with Crippen LogP contribution in [0.5, 0.6) is 0 Å². The van der Waals surface area contributed by atoms with Gasteiger partial charge in [-0.25, -0.2) is 4.39 Å². The molecule has 0 unspecified atom stereocenters. The Balaban J connectivity index is 1.93. The summed E-state index contributed by atoms with van der Waals surface area (Å²) in [5.41, 5.74) is 1.62. The Hall–Kier alpha value is -1.91. The second-order valence-corrected chi connectivity index (χ2v) is 3.91. The Kier molecular flexibility index (Phi) is 3.37. The summed E-state index contributed by atoms with van der Waals surface area (Å²) in [7, 11) is 0. The van der Waals surface area contributed by atoms with Crippen LogP contribution < -0.4 is 5.32 Å². The molecule has 0 fully saturated rings. The van der Waals surface area contributed by atoms with Gasteiger partial charge in [-0.15, -0.1) is 0 Å². The van der Waals surface area contributed by atoms with Crippen LogP contribution in [0, 0.1) is 5.82 Å². The average molecular weight is 236 g/mol. The van der Waals surface area contributed by atoms with E-state index in [1.165, 1.54) is 19.1 Å². The van der Waals surface area contributed by atoms with Crippen LogP contribution >= 0.6 is 0 Å². The summed E-state index contributed by atoms with van der Waals surface area (Å²) in [5.74, 6) is -0.369. The predicted octanol–water partition coefficient (Wildman–Crippen LogP) is 1.45. The topological polar surface area (TPSA) is 50.7 Å². The summed E-state index contributed by atoms with van der Waals surface area (Å²) in [6.07, 6.45) is 0.477. The van der Waals surface area contributed by atoms with Crippen LogP contribution in [0.2, 0.25) is 0 Å². The normalized spacial score (nSPS) is 18.5. The standard InChI is InChI=1S/C12H13FN2O2/c1-8(16)14-7-11-6-12(15-17-11)9-2-4-10(13)5-3-9/h2-5,11H,6-7H2,1H3,(H,14,16)/t11-/m0/s1. The van der Waals surface area contributed by atoms with E-state index in [1.807, 2.05) is 0 Å². The molecule has 0 bridgehead atoms. The second kappa shape index (κ2) is 4.95. The summed E-state index contributed by atoms with van der Waals surface area (Å²) >= 11 is 0. The third kappa shape index (κ3) is 3.03. The summed E-state index contributed by atoms with van der Waals surface area (Å²) < 4.78 is 12.7. The lowest BCUT2D eigenvalue weighted by atomic mass is 10.1. The zero-order valence-corrected chi connectivity index (χ0v) is 9.44. The molecule has 0 saturated heterocycles.